The van der Waals surface area contributed by atoms with Crippen molar-refractivity contribution in [2.24, 2.45) is 0 Å². The summed E-state index contributed by atoms with van der Waals surface area (Å²) in [6, 6.07) is 3.22. The highest BCUT2D eigenvalue weighted by Crippen LogP contribution is 2.35. The first-order chi connectivity index (χ1) is 9.65. The number of nitrogens with zero attached hydrogens (tertiary/aromatic N) is 2. The van der Waals surface area contributed by atoms with Gasteiger partial charge in [0.15, 0.2) is 0 Å². The molecule has 2 aromatic rings. The van der Waals surface area contributed by atoms with Gasteiger partial charge in [-0.3, -0.25) is 0 Å². The first-order valence-corrected chi connectivity index (χ1v) is 7.84. The number of nitrogen functional groups attached to an aromatic ring is 1. The smallest absolute Gasteiger partial charge is 0.260 e. The first-order valence-electron chi connectivity index (χ1n) is 5.93. The lowest BCUT2D eigenvalue weighted by Crippen LogP contribution is -2.16. The summed E-state index contributed by atoms with van der Waals surface area (Å²) in [5.74, 6) is 2.60. The fourth-order valence-corrected chi connectivity index (χ4v) is 3.21. The van der Waals surface area contributed by atoms with E-state index in [0.717, 1.165) is 11.5 Å². The molecule has 1 saturated heterocycles. The van der Waals surface area contributed by atoms with Gasteiger partial charge in [0.05, 0.1) is 22.9 Å². The maximum atomic E-state index is 6.00. The molecule has 2 N–H and O–H groups in total. The molecule has 0 aliphatic carbocycles. The van der Waals surface area contributed by atoms with Crippen LogP contribution < -0.4 is 5.73 Å². The van der Waals surface area contributed by atoms with Crippen LogP contribution in [-0.2, 0) is 4.74 Å². The van der Waals surface area contributed by atoms with E-state index in [-0.39, 0.29) is 6.10 Å². The van der Waals surface area contributed by atoms with Crippen LogP contribution in [0.25, 0.3) is 11.5 Å². The predicted octanol–water partition coefficient (Wildman–Crippen LogP) is 3.43. The van der Waals surface area contributed by atoms with Gasteiger partial charge in [-0.1, -0.05) is 28.4 Å². The second-order valence-corrected chi connectivity index (χ2v) is 6.23. The molecule has 0 bridgehead atoms. The van der Waals surface area contributed by atoms with E-state index < -0.39 is 0 Å². The van der Waals surface area contributed by atoms with E-state index in [1.807, 2.05) is 0 Å². The van der Waals surface area contributed by atoms with E-state index >= 15 is 0 Å². The number of hydrogen-bond acceptors (Lipinski definition) is 6. The number of ether oxygens (including phenoxy) is 1. The lowest BCUT2D eigenvalue weighted by atomic mass is 10.2. The molecule has 5 nitrogen and oxygen atoms in total. The van der Waals surface area contributed by atoms with Crippen LogP contribution in [0.1, 0.15) is 11.9 Å². The lowest BCUT2D eigenvalue weighted by molar-refractivity contribution is 0.0677. The Morgan fingerprint density at radius 1 is 1.35 bits per heavy atom. The highest BCUT2D eigenvalue weighted by molar-refractivity contribution is 7.99. The molecule has 1 aliphatic heterocycles. The minimum absolute atomic E-state index is 0.151. The predicted molar refractivity (Wildman–Crippen MR) is 80.2 cm³/mol. The monoisotopic (exact) mass is 331 g/mol. The number of thioether (sulfide) groups is 1. The number of benzene rings is 1. The van der Waals surface area contributed by atoms with Crippen molar-refractivity contribution < 1.29 is 9.26 Å². The van der Waals surface area contributed by atoms with E-state index in [4.69, 9.17) is 38.2 Å². The van der Waals surface area contributed by atoms with Crippen LogP contribution in [0.15, 0.2) is 16.7 Å². The molecule has 1 aromatic heterocycles. The van der Waals surface area contributed by atoms with Gasteiger partial charge in [-0.25, -0.2) is 0 Å². The normalized spacial score (nSPS) is 19.2. The summed E-state index contributed by atoms with van der Waals surface area (Å²) in [7, 11) is 0. The van der Waals surface area contributed by atoms with Crippen molar-refractivity contribution in [2.45, 2.75) is 6.10 Å². The van der Waals surface area contributed by atoms with Crippen molar-refractivity contribution >= 4 is 40.7 Å². The highest BCUT2D eigenvalue weighted by atomic mass is 35.5. The van der Waals surface area contributed by atoms with E-state index in [2.05, 4.69) is 10.1 Å². The highest BCUT2D eigenvalue weighted by Gasteiger charge is 2.23. The van der Waals surface area contributed by atoms with Crippen molar-refractivity contribution in [3.63, 3.8) is 0 Å². The maximum absolute atomic E-state index is 6.00. The van der Waals surface area contributed by atoms with Gasteiger partial charge in [0.1, 0.15) is 6.10 Å². The standard InChI is InChI=1S/C12H11Cl2N3O2S/c13-6-3-7(10(15)8(14)4-6)12-16-11(17-19-12)9-5-20-2-1-18-9/h3-4,9H,1-2,5,15H2. The SMILES string of the molecule is Nc1c(Cl)cc(Cl)cc1-c1nc(C2CSCCO2)no1. The van der Waals surface area contributed by atoms with Crippen molar-refractivity contribution in [1.82, 2.24) is 10.1 Å². The molecule has 1 aliphatic rings. The minimum Gasteiger partial charge on any atom is -0.397 e. The average molecular weight is 332 g/mol. The quantitative estimate of drug-likeness (QED) is 0.850. The number of rotatable bonds is 2. The van der Waals surface area contributed by atoms with Gasteiger partial charge in [-0.2, -0.15) is 16.7 Å². The summed E-state index contributed by atoms with van der Waals surface area (Å²) in [5, 5.41) is 4.77. The third-order valence-corrected chi connectivity index (χ3v) is 4.40. The van der Waals surface area contributed by atoms with E-state index in [1.54, 1.807) is 23.9 Å². The zero-order valence-corrected chi connectivity index (χ0v) is 12.6. The van der Waals surface area contributed by atoms with E-state index in [0.29, 0.717) is 39.6 Å². The van der Waals surface area contributed by atoms with Crippen LogP contribution in [0.4, 0.5) is 5.69 Å². The Bertz CT molecular complexity index is 629. The topological polar surface area (TPSA) is 74.2 Å². The summed E-state index contributed by atoms with van der Waals surface area (Å²) in [6.45, 7) is 0.685. The Morgan fingerprint density at radius 3 is 2.95 bits per heavy atom. The summed E-state index contributed by atoms with van der Waals surface area (Å²) >= 11 is 13.8. The van der Waals surface area contributed by atoms with Crippen LogP contribution >= 0.6 is 35.0 Å². The van der Waals surface area contributed by atoms with Crippen LogP contribution in [0.3, 0.4) is 0 Å². The molecule has 1 atom stereocenters. The molecule has 0 saturated carbocycles. The van der Waals surface area contributed by atoms with Crippen LogP contribution in [0.2, 0.25) is 10.0 Å². The maximum Gasteiger partial charge on any atom is 0.260 e. The Kier molecular flexibility index (Phi) is 4.07. The minimum atomic E-state index is -0.151. The fraction of sp³-hybridized carbons (Fsp3) is 0.333. The molecule has 3 rings (SSSR count). The molecule has 8 heteroatoms. The molecule has 2 heterocycles. The summed E-state index contributed by atoms with van der Waals surface area (Å²) in [4.78, 5) is 4.33. The molecule has 20 heavy (non-hydrogen) atoms. The fourth-order valence-electron chi connectivity index (χ4n) is 1.87. The van der Waals surface area contributed by atoms with Gasteiger partial charge in [-0.05, 0) is 12.1 Å². The van der Waals surface area contributed by atoms with Gasteiger partial charge in [0.25, 0.3) is 5.89 Å². The van der Waals surface area contributed by atoms with Crippen LogP contribution in [0, 0.1) is 0 Å². The molecule has 0 spiro atoms. The molecular weight excluding hydrogens is 321 g/mol. The second-order valence-electron chi connectivity index (χ2n) is 4.24. The van der Waals surface area contributed by atoms with Gasteiger partial charge in [-0.15, -0.1) is 0 Å². The Morgan fingerprint density at radius 2 is 2.20 bits per heavy atom. The van der Waals surface area contributed by atoms with E-state index in [9.17, 15) is 0 Å². The van der Waals surface area contributed by atoms with Crippen molar-refractivity contribution in [3.8, 4) is 11.5 Å². The number of anilines is 1. The van der Waals surface area contributed by atoms with Crippen molar-refractivity contribution in [3.05, 3.63) is 28.0 Å². The molecule has 1 aromatic carbocycles. The van der Waals surface area contributed by atoms with Crippen LogP contribution in [-0.4, -0.2) is 28.3 Å². The lowest BCUT2D eigenvalue weighted by Gasteiger charge is -2.18. The molecular formula is C12H11Cl2N3O2S. The molecule has 1 unspecified atom stereocenters. The zero-order chi connectivity index (χ0) is 14.1. The van der Waals surface area contributed by atoms with Gasteiger partial charge < -0.3 is 15.0 Å². The van der Waals surface area contributed by atoms with Gasteiger partial charge in [0, 0.05) is 16.5 Å². The Labute approximate surface area is 129 Å². The average Bonchev–Trinajstić information content (AvgIpc) is 2.93. The van der Waals surface area contributed by atoms with Crippen molar-refractivity contribution in [2.75, 3.05) is 23.8 Å². The van der Waals surface area contributed by atoms with Crippen LogP contribution in [0.5, 0.6) is 0 Å². The third-order valence-electron chi connectivity index (χ3n) is 2.87. The third kappa shape index (κ3) is 2.74. The molecule has 0 radical (unpaired) electrons. The number of aromatic nitrogens is 2. The largest absolute Gasteiger partial charge is 0.397 e. The number of halogens is 2. The van der Waals surface area contributed by atoms with Gasteiger partial charge in [0.2, 0.25) is 5.82 Å². The second kappa shape index (κ2) is 5.81. The Hall–Kier alpha value is -0.950. The van der Waals surface area contributed by atoms with E-state index in [1.165, 1.54) is 0 Å². The van der Waals surface area contributed by atoms with Gasteiger partial charge >= 0.3 is 0 Å². The van der Waals surface area contributed by atoms with Crippen molar-refractivity contribution in [1.29, 1.82) is 0 Å². The Balaban J connectivity index is 1.93. The number of hydrogen-bond donors (Lipinski definition) is 1. The summed E-state index contributed by atoms with van der Waals surface area (Å²) < 4.78 is 10.8. The molecule has 0 amide bonds. The summed E-state index contributed by atoms with van der Waals surface area (Å²) in [6.07, 6.45) is -0.151. The molecule has 1 fully saturated rings. The number of nitrogens with two attached hydrogens (primary N) is 1. The zero-order valence-electron chi connectivity index (χ0n) is 10.3. The first kappa shape index (κ1) is 14.0. The summed E-state index contributed by atoms with van der Waals surface area (Å²) in [5.41, 5.74) is 6.82. The molecule has 106 valence electrons.